The molecule has 1 heterocycles. The van der Waals surface area contributed by atoms with Gasteiger partial charge < -0.3 is 10.4 Å². The number of amides is 1. The van der Waals surface area contributed by atoms with Gasteiger partial charge in [0.25, 0.3) is 0 Å². The number of hydrogen-bond donors (Lipinski definition) is 2. The normalized spacial score (nSPS) is 23.1. The molecule has 1 amide bonds. The lowest BCUT2D eigenvalue weighted by atomic mass is 9.82. The van der Waals surface area contributed by atoms with E-state index in [1.54, 1.807) is 0 Å². The van der Waals surface area contributed by atoms with E-state index in [-0.39, 0.29) is 24.0 Å². The van der Waals surface area contributed by atoms with Crippen LogP contribution in [0.1, 0.15) is 26.7 Å². The lowest BCUT2D eigenvalue weighted by molar-refractivity contribution is -0.122. The molecule has 2 aromatic carbocycles. The second kappa shape index (κ2) is 6.91. The fourth-order valence-electron chi connectivity index (χ4n) is 3.50. The van der Waals surface area contributed by atoms with Crippen molar-refractivity contribution in [3.8, 4) is 0 Å². The molecule has 0 radical (unpaired) electrons. The van der Waals surface area contributed by atoms with Gasteiger partial charge in [0.1, 0.15) is 0 Å². The molecule has 4 nitrogen and oxygen atoms in total. The van der Waals surface area contributed by atoms with E-state index in [9.17, 15) is 9.90 Å². The highest BCUT2D eigenvalue weighted by Gasteiger charge is 2.34. The summed E-state index contributed by atoms with van der Waals surface area (Å²) in [4.78, 5) is 14.8. The number of fused-ring (bicyclic) bond motifs is 1. The van der Waals surface area contributed by atoms with Gasteiger partial charge in [-0.1, -0.05) is 37.3 Å². The molecule has 1 fully saturated rings. The van der Waals surface area contributed by atoms with Crippen LogP contribution in [-0.4, -0.2) is 41.7 Å². The van der Waals surface area contributed by atoms with Crippen LogP contribution in [0.25, 0.3) is 10.8 Å². The predicted octanol–water partition coefficient (Wildman–Crippen LogP) is 3.26. The SMILES string of the molecule is CC(C(=O)Nc1ccc2ccccc2c1)N1CCCC(C)(CO)C1. The molecular formula is C20H26N2O2. The second-order valence-corrected chi connectivity index (χ2v) is 7.27. The summed E-state index contributed by atoms with van der Waals surface area (Å²) in [5.74, 6) is 0.00692. The first-order valence-corrected chi connectivity index (χ1v) is 8.65. The maximum absolute atomic E-state index is 12.6. The number of likely N-dealkylation sites (tertiary alicyclic amines) is 1. The molecule has 0 aliphatic carbocycles. The van der Waals surface area contributed by atoms with Gasteiger partial charge in [0.15, 0.2) is 0 Å². The molecule has 0 aromatic heterocycles. The molecule has 3 rings (SSSR count). The molecule has 128 valence electrons. The topological polar surface area (TPSA) is 52.6 Å². The molecule has 0 saturated carbocycles. The number of anilines is 1. The van der Waals surface area contributed by atoms with E-state index in [1.807, 2.05) is 43.3 Å². The lowest BCUT2D eigenvalue weighted by Crippen LogP contribution is -2.51. The zero-order valence-electron chi connectivity index (χ0n) is 14.5. The number of carbonyl (C=O) groups is 1. The van der Waals surface area contributed by atoms with Crippen molar-refractivity contribution in [1.29, 1.82) is 0 Å². The molecule has 1 aliphatic rings. The van der Waals surface area contributed by atoms with Crippen molar-refractivity contribution >= 4 is 22.4 Å². The van der Waals surface area contributed by atoms with Gasteiger partial charge in [-0.3, -0.25) is 9.69 Å². The highest BCUT2D eigenvalue weighted by molar-refractivity contribution is 5.97. The maximum atomic E-state index is 12.6. The molecule has 24 heavy (non-hydrogen) atoms. The smallest absolute Gasteiger partial charge is 0.241 e. The monoisotopic (exact) mass is 326 g/mol. The third-order valence-electron chi connectivity index (χ3n) is 5.14. The van der Waals surface area contributed by atoms with Crippen LogP contribution in [0.3, 0.4) is 0 Å². The van der Waals surface area contributed by atoms with Gasteiger partial charge in [-0.05, 0) is 49.2 Å². The van der Waals surface area contributed by atoms with Crippen LogP contribution < -0.4 is 5.32 Å². The van der Waals surface area contributed by atoms with Crippen molar-refractivity contribution in [2.24, 2.45) is 5.41 Å². The Labute approximate surface area is 143 Å². The van der Waals surface area contributed by atoms with Crippen LogP contribution in [-0.2, 0) is 4.79 Å². The minimum absolute atomic E-state index is 0.00692. The number of nitrogens with zero attached hydrogens (tertiary/aromatic N) is 1. The molecule has 0 bridgehead atoms. The van der Waals surface area contributed by atoms with E-state index in [0.29, 0.717) is 0 Å². The summed E-state index contributed by atoms with van der Waals surface area (Å²) in [5.41, 5.74) is 0.725. The van der Waals surface area contributed by atoms with E-state index in [0.717, 1.165) is 37.0 Å². The van der Waals surface area contributed by atoms with Crippen LogP contribution in [0.2, 0.25) is 0 Å². The molecule has 1 saturated heterocycles. The number of rotatable bonds is 4. The summed E-state index contributed by atoms with van der Waals surface area (Å²) in [7, 11) is 0. The third kappa shape index (κ3) is 3.60. The Hall–Kier alpha value is -1.91. The van der Waals surface area contributed by atoms with E-state index in [1.165, 1.54) is 5.39 Å². The van der Waals surface area contributed by atoms with Gasteiger partial charge in [0.2, 0.25) is 5.91 Å². The van der Waals surface area contributed by atoms with Gasteiger partial charge in [-0.2, -0.15) is 0 Å². The minimum Gasteiger partial charge on any atom is -0.396 e. The first kappa shape index (κ1) is 16.9. The van der Waals surface area contributed by atoms with Crippen LogP contribution in [0.15, 0.2) is 42.5 Å². The Kier molecular flexibility index (Phi) is 4.88. The first-order valence-electron chi connectivity index (χ1n) is 8.65. The predicted molar refractivity (Wildman–Crippen MR) is 98.0 cm³/mol. The van der Waals surface area contributed by atoms with Crippen LogP contribution >= 0.6 is 0 Å². The molecule has 2 N–H and O–H groups in total. The van der Waals surface area contributed by atoms with Gasteiger partial charge >= 0.3 is 0 Å². The lowest BCUT2D eigenvalue weighted by Gasteiger charge is -2.41. The average Bonchev–Trinajstić information content (AvgIpc) is 2.61. The van der Waals surface area contributed by atoms with Crippen molar-refractivity contribution in [3.05, 3.63) is 42.5 Å². The van der Waals surface area contributed by atoms with Gasteiger partial charge in [0, 0.05) is 24.3 Å². The van der Waals surface area contributed by atoms with Crippen LogP contribution in [0.4, 0.5) is 5.69 Å². The number of nitrogens with one attached hydrogen (secondary N) is 1. The van der Waals surface area contributed by atoms with Crippen molar-refractivity contribution in [1.82, 2.24) is 4.90 Å². The van der Waals surface area contributed by atoms with Gasteiger partial charge in [-0.25, -0.2) is 0 Å². The van der Waals surface area contributed by atoms with E-state index in [2.05, 4.69) is 23.2 Å². The van der Waals surface area contributed by atoms with Gasteiger partial charge in [-0.15, -0.1) is 0 Å². The van der Waals surface area contributed by atoms with Crippen molar-refractivity contribution < 1.29 is 9.90 Å². The Morgan fingerprint density at radius 2 is 2.04 bits per heavy atom. The van der Waals surface area contributed by atoms with Crippen molar-refractivity contribution in [2.45, 2.75) is 32.7 Å². The Morgan fingerprint density at radius 1 is 1.29 bits per heavy atom. The van der Waals surface area contributed by atoms with E-state index >= 15 is 0 Å². The van der Waals surface area contributed by atoms with E-state index < -0.39 is 0 Å². The molecule has 1 aliphatic heterocycles. The maximum Gasteiger partial charge on any atom is 0.241 e. The summed E-state index contributed by atoms with van der Waals surface area (Å²) in [6.45, 7) is 5.87. The quantitative estimate of drug-likeness (QED) is 0.907. The Bertz CT molecular complexity index is 730. The molecule has 2 atom stereocenters. The summed E-state index contributed by atoms with van der Waals surface area (Å²) in [5, 5.41) is 14.9. The van der Waals surface area contributed by atoms with Crippen LogP contribution in [0.5, 0.6) is 0 Å². The molecule has 0 spiro atoms. The highest BCUT2D eigenvalue weighted by atomic mass is 16.3. The molecule has 2 aromatic rings. The summed E-state index contributed by atoms with van der Waals surface area (Å²) in [6, 6.07) is 13.9. The van der Waals surface area contributed by atoms with Crippen LogP contribution in [0, 0.1) is 5.41 Å². The van der Waals surface area contributed by atoms with Gasteiger partial charge in [0.05, 0.1) is 6.04 Å². The zero-order chi connectivity index (χ0) is 17.2. The number of aliphatic hydroxyl groups excluding tert-OH is 1. The number of carbonyl (C=O) groups excluding carboxylic acids is 1. The standard InChI is InChI=1S/C20H26N2O2/c1-15(22-11-5-10-20(2,13-22)14-23)19(24)21-18-9-8-16-6-3-4-7-17(16)12-18/h3-4,6-9,12,15,23H,5,10-11,13-14H2,1-2H3,(H,21,24). The third-order valence-corrected chi connectivity index (χ3v) is 5.14. The number of hydrogen-bond acceptors (Lipinski definition) is 3. The van der Waals surface area contributed by atoms with E-state index in [4.69, 9.17) is 0 Å². The number of aliphatic hydroxyl groups is 1. The summed E-state index contributed by atoms with van der Waals surface area (Å²) < 4.78 is 0. The zero-order valence-corrected chi connectivity index (χ0v) is 14.5. The fourth-order valence-corrected chi connectivity index (χ4v) is 3.50. The largest absolute Gasteiger partial charge is 0.396 e. The number of benzene rings is 2. The fraction of sp³-hybridized carbons (Fsp3) is 0.450. The Morgan fingerprint density at radius 3 is 2.79 bits per heavy atom. The number of piperidine rings is 1. The van der Waals surface area contributed by atoms with Crippen molar-refractivity contribution in [3.63, 3.8) is 0 Å². The molecular weight excluding hydrogens is 300 g/mol. The summed E-state index contributed by atoms with van der Waals surface area (Å²) >= 11 is 0. The average molecular weight is 326 g/mol. The highest BCUT2D eigenvalue weighted by Crippen LogP contribution is 2.30. The first-order chi connectivity index (χ1) is 11.5. The molecule has 2 unspecified atom stereocenters. The minimum atomic E-state index is -0.206. The summed E-state index contributed by atoms with van der Waals surface area (Å²) in [6.07, 6.45) is 2.03. The van der Waals surface area contributed by atoms with Crippen molar-refractivity contribution in [2.75, 3.05) is 25.0 Å². The Balaban J connectivity index is 1.69. The molecule has 4 heteroatoms. The second-order valence-electron chi connectivity index (χ2n) is 7.27.